The van der Waals surface area contributed by atoms with Crippen molar-refractivity contribution in [2.45, 2.75) is 25.9 Å². The number of anilines is 1. The summed E-state index contributed by atoms with van der Waals surface area (Å²) in [7, 11) is 0. The number of thiazole rings is 1. The molecule has 9 heteroatoms. The first-order valence-corrected chi connectivity index (χ1v) is 14.0. The second-order valence-electron chi connectivity index (χ2n) is 9.36. The minimum Gasteiger partial charge on any atom is -0.321 e. The molecule has 1 atom stereocenters. The number of hydrogen-bond acceptors (Lipinski definition) is 6. The number of aryl methyl sites for hydroxylation is 1. The van der Waals surface area contributed by atoms with Crippen LogP contribution in [-0.4, -0.2) is 33.6 Å². The van der Waals surface area contributed by atoms with E-state index in [2.05, 4.69) is 6.07 Å². The number of aromatic nitrogens is 1. The fourth-order valence-electron chi connectivity index (χ4n) is 4.69. The second kappa shape index (κ2) is 10.2. The second-order valence-corrected chi connectivity index (χ2v) is 11.3. The maximum atomic E-state index is 13.6. The zero-order valence-electron chi connectivity index (χ0n) is 20.8. The molecule has 5 aromatic rings. The molecular weight excluding hydrogens is 533 g/mol. The van der Waals surface area contributed by atoms with Gasteiger partial charge in [0, 0.05) is 12.1 Å². The summed E-state index contributed by atoms with van der Waals surface area (Å²) in [5.41, 5.74) is 4.08. The van der Waals surface area contributed by atoms with Gasteiger partial charge in [-0.2, -0.15) is 0 Å². The van der Waals surface area contributed by atoms with Crippen LogP contribution in [0.5, 0.6) is 0 Å². The van der Waals surface area contributed by atoms with Crippen LogP contribution in [0.25, 0.3) is 20.8 Å². The lowest BCUT2D eigenvalue weighted by molar-refractivity contribution is -0.122. The van der Waals surface area contributed by atoms with E-state index >= 15 is 0 Å². The van der Waals surface area contributed by atoms with Crippen molar-refractivity contribution >= 4 is 56.3 Å². The molecule has 3 heterocycles. The average Bonchev–Trinajstić information content (AvgIpc) is 3.67. The van der Waals surface area contributed by atoms with Gasteiger partial charge in [0.05, 0.1) is 27.2 Å². The van der Waals surface area contributed by atoms with Gasteiger partial charge in [-0.25, -0.2) is 14.3 Å². The molecule has 6 rings (SSSR count). The van der Waals surface area contributed by atoms with Gasteiger partial charge in [0.1, 0.15) is 16.9 Å². The summed E-state index contributed by atoms with van der Waals surface area (Å²) in [6.45, 7) is 2.12. The molecule has 39 heavy (non-hydrogen) atoms. The molecule has 6 nitrogen and oxygen atoms in total. The first-order chi connectivity index (χ1) is 18.9. The Labute approximate surface area is 232 Å². The monoisotopic (exact) mass is 555 g/mol. The predicted octanol–water partition coefficient (Wildman–Crippen LogP) is 6.45. The van der Waals surface area contributed by atoms with E-state index in [-0.39, 0.29) is 24.8 Å². The van der Waals surface area contributed by atoms with Crippen molar-refractivity contribution in [3.8, 4) is 10.6 Å². The fraction of sp³-hybridized carbons (Fsp3) is 0.133. The van der Waals surface area contributed by atoms with Gasteiger partial charge in [0.15, 0.2) is 0 Å². The SMILES string of the molecule is Cc1ccc2nc(-c3ccc(N4C(=O)CC(N(Cc5ccc(F)cc5)C(=O)c5cccs5)C4=O)cc3)sc2c1. The Morgan fingerprint density at radius 2 is 1.82 bits per heavy atom. The van der Waals surface area contributed by atoms with E-state index in [9.17, 15) is 18.8 Å². The fourth-order valence-corrected chi connectivity index (χ4v) is 6.44. The molecule has 1 fully saturated rings. The molecule has 1 aliphatic rings. The van der Waals surface area contributed by atoms with Crippen LogP contribution in [0.4, 0.5) is 10.1 Å². The number of carbonyl (C=O) groups excluding carboxylic acids is 3. The summed E-state index contributed by atoms with van der Waals surface area (Å²) in [5.74, 6) is -1.58. The summed E-state index contributed by atoms with van der Waals surface area (Å²) in [5, 5.41) is 2.64. The van der Waals surface area contributed by atoms with Crippen LogP contribution in [-0.2, 0) is 16.1 Å². The molecule has 0 radical (unpaired) electrons. The van der Waals surface area contributed by atoms with Gasteiger partial charge >= 0.3 is 0 Å². The zero-order chi connectivity index (χ0) is 27.1. The summed E-state index contributed by atoms with van der Waals surface area (Å²) in [4.78, 5) is 47.9. The zero-order valence-corrected chi connectivity index (χ0v) is 22.5. The van der Waals surface area contributed by atoms with Crippen molar-refractivity contribution in [1.29, 1.82) is 0 Å². The standard InChI is InChI=1S/C30H22FN3O3S2/c1-18-4-13-23-26(15-18)39-28(32-23)20-7-11-22(12-8-20)34-27(35)16-24(29(34)36)33(30(37)25-3-2-14-38-25)17-19-5-9-21(31)10-6-19/h2-15,24H,16-17H2,1H3. The number of benzene rings is 3. The topological polar surface area (TPSA) is 70.6 Å². The van der Waals surface area contributed by atoms with Gasteiger partial charge in [-0.15, -0.1) is 22.7 Å². The Balaban J connectivity index is 1.27. The molecule has 194 valence electrons. The first-order valence-electron chi connectivity index (χ1n) is 12.3. The van der Waals surface area contributed by atoms with Gasteiger partial charge in [0.25, 0.3) is 11.8 Å². The van der Waals surface area contributed by atoms with Crippen molar-refractivity contribution in [2.75, 3.05) is 4.90 Å². The smallest absolute Gasteiger partial charge is 0.264 e. The van der Waals surface area contributed by atoms with Crippen molar-refractivity contribution in [2.24, 2.45) is 0 Å². The Morgan fingerprint density at radius 3 is 2.54 bits per heavy atom. The summed E-state index contributed by atoms with van der Waals surface area (Å²) in [6, 6.07) is 21.5. The first kappa shape index (κ1) is 25.1. The van der Waals surface area contributed by atoms with E-state index in [0.717, 1.165) is 25.7 Å². The molecule has 1 saturated heterocycles. The molecule has 1 unspecified atom stereocenters. The largest absolute Gasteiger partial charge is 0.321 e. The Kier molecular flexibility index (Phi) is 6.54. The molecule has 2 aromatic heterocycles. The minimum atomic E-state index is -0.968. The summed E-state index contributed by atoms with van der Waals surface area (Å²) >= 11 is 2.85. The highest BCUT2D eigenvalue weighted by Crippen LogP contribution is 2.33. The third-order valence-electron chi connectivity index (χ3n) is 6.67. The number of imide groups is 1. The quantitative estimate of drug-likeness (QED) is 0.226. The predicted molar refractivity (Wildman–Crippen MR) is 151 cm³/mol. The highest BCUT2D eigenvalue weighted by atomic mass is 32.1. The van der Waals surface area contributed by atoms with Gasteiger partial charge < -0.3 is 4.90 Å². The Morgan fingerprint density at radius 1 is 1.05 bits per heavy atom. The summed E-state index contributed by atoms with van der Waals surface area (Å²) < 4.78 is 14.6. The lowest BCUT2D eigenvalue weighted by atomic mass is 10.1. The van der Waals surface area contributed by atoms with Gasteiger partial charge in [-0.3, -0.25) is 14.4 Å². The average molecular weight is 556 g/mol. The number of amides is 3. The number of hydrogen-bond donors (Lipinski definition) is 0. The Bertz CT molecular complexity index is 1700. The van der Waals surface area contributed by atoms with E-state index in [1.807, 2.05) is 31.2 Å². The van der Waals surface area contributed by atoms with Crippen LogP contribution < -0.4 is 4.90 Å². The highest BCUT2D eigenvalue weighted by Gasteiger charge is 2.44. The Hall–Kier alpha value is -4.21. The van der Waals surface area contributed by atoms with Crippen LogP contribution in [0.15, 0.2) is 84.2 Å². The minimum absolute atomic E-state index is 0.0740. The highest BCUT2D eigenvalue weighted by molar-refractivity contribution is 7.21. The molecule has 1 aliphatic heterocycles. The molecule has 0 spiro atoms. The van der Waals surface area contributed by atoms with E-state index < -0.39 is 17.8 Å². The molecule has 3 amide bonds. The maximum Gasteiger partial charge on any atom is 0.264 e. The van der Waals surface area contributed by atoms with Crippen LogP contribution in [0.2, 0.25) is 0 Å². The third kappa shape index (κ3) is 4.86. The van der Waals surface area contributed by atoms with Crippen LogP contribution in [0, 0.1) is 12.7 Å². The molecule has 0 bridgehead atoms. The molecule has 0 N–H and O–H groups in total. The normalized spacial score (nSPS) is 15.3. The van der Waals surface area contributed by atoms with E-state index in [4.69, 9.17) is 4.98 Å². The van der Waals surface area contributed by atoms with Crippen LogP contribution in [0.1, 0.15) is 27.2 Å². The number of nitrogens with zero attached hydrogens (tertiary/aromatic N) is 3. The molecule has 0 aliphatic carbocycles. The third-order valence-corrected chi connectivity index (χ3v) is 8.60. The molecule has 3 aromatic carbocycles. The number of carbonyl (C=O) groups is 3. The van der Waals surface area contributed by atoms with Gasteiger partial charge in [-0.05, 0) is 78.0 Å². The van der Waals surface area contributed by atoms with Crippen molar-refractivity contribution in [1.82, 2.24) is 9.88 Å². The number of rotatable bonds is 6. The summed E-state index contributed by atoms with van der Waals surface area (Å²) in [6.07, 6.45) is -0.129. The van der Waals surface area contributed by atoms with E-state index in [0.29, 0.717) is 16.1 Å². The van der Waals surface area contributed by atoms with Gasteiger partial charge in [-0.1, -0.05) is 24.3 Å². The number of fused-ring (bicyclic) bond motifs is 1. The number of thiophene rings is 1. The van der Waals surface area contributed by atoms with Gasteiger partial charge in [0.2, 0.25) is 5.91 Å². The lowest BCUT2D eigenvalue weighted by Gasteiger charge is -2.27. The van der Waals surface area contributed by atoms with Crippen LogP contribution >= 0.6 is 22.7 Å². The maximum absolute atomic E-state index is 13.6. The number of halogens is 1. The van der Waals surface area contributed by atoms with Crippen molar-refractivity contribution in [3.05, 3.63) is 106 Å². The van der Waals surface area contributed by atoms with E-state index in [1.165, 1.54) is 33.9 Å². The lowest BCUT2D eigenvalue weighted by Crippen LogP contribution is -2.44. The van der Waals surface area contributed by atoms with Crippen LogP contribution in [0.3, 0.4) is 0 Å². The molecule has 0 saturated carbocycles. The van der Waals surface area contributed by atoms with E-state index in [1.54, 1.807) is 53.1 Å². The van der Waals surface area contributed by atoms with Crippen molar-refractivity contribution in [3.63, 3.8) is 0 Å². The molecular formula is C30H22FN3O3S2. The van der Waals surface area contributed by atoms with Crippen molar-refractivity contribution < 1.29 is 18.8 Å².